The van der Waals surface area contributed by atoms with Crippen LogP contribution >= 0.6 is 0 Å². The summed E-state index contributed by atoms with van der Waals surface area (Å²) < 4.78 is 33.3. The summed E-state index contributed by atoms with van der Waals surface area (Å²) in [5, 5.41) is 0. The fraction of sp³-hybridized carbons (Fsp3) is 0.368. The predicted molar refractivity (Wildman–Crippen MR) is 92.4 cm³/mol. The van der Waals surface area contributed by atoms with Crippen LogP contribution in [0.15, 0.2) is 59.5 Å². The molecule has 5 heteroatoms. The fourth-order valence-electron chi connectivity index (χ4n) is 3.80. The second-order valence-corrected chi connectivity index (χ2v) is 8.85. The average Bonchev–Trinajstić information content (AvgIpc) is 3.36. The summed E-state index contributed by atoms with van der Waals surface area (Å²) in [4.78, 5) is 0.338. The fourth-order valence-corrected chi connectivity index (χ4v) is 5.25. The third kappa shape index (κ3) is 2.39. The van der Waals surface area contributed by atoms with E-state index in [1.807, 2.05) is 37.3 Å². The smallest absolute Gasteiger partial charge is 0.243 e. The molecule has 0 radical (unpaired) electrons. The summed E-state index contributed by atoms with van der Waals surface area (Å²) in [5.74, 6) is 0.180. The van der Waals surface area contributed by atoms with Gasteiger partial charge in [0.05, 0.1) is 17.5 Å². The van der Waals surface area contributed by atoms with Crippen molar-refractivity contribution >= 4 is 10.0 Å². The molecule has 2 aromatic rings. The van der Waals surface area contributed by atoms with Crippen molar-refractivity contribution in [3.63, 3.8) is 0 Å². The maximum atomic E-state index is 13.0. The second-order valence-electron chi connectivity index (χ2n) is 6.85. The zero-order chi connectivity index (χ0) is 16.9. The molecule has 2 aliphatic rings. The predicted octanol–water partition coefficient (Wildman–Crippen LogP) is 2.94. The van der Waals surface area contributed by atoms with E-state index in [4.69, 9.17) is 4.74 Å². The first-order chi connectivity index (χ1) is 11.4. The first-order valence-electron chi connectivity index (χ1n) is 8.18. The molecule has 2 fully saturated rings. The molecule has 1 aliphatic heterocycles. The first kappa shape index (κ1) is 15.8. The van der Waals surface area contributed by atoms with Crippen LogP contribution in [0.4, 0.5) is 0 Å². The first-order valence-corrected chi connectivity index (χ1v) is 9.62. The minimum absolute atomic E-state index is 0.147. The standard InChI is InChI=1S/C19H21NO3S/c1-14-8-10-16(11-9-14)24(21,22)20(2)18-17(12-19(18)13-23-19)15-6-4-3-5-7-15/h3-11,17-18H,12-13H2,1-2H3/t17-,18-,19?/m0/s1. The Morgan fingerprint density at radius 3 is 2.29 bits per heavy atom. The lowest BCUT2D eigenvalue weighted by Gasteiger charge is -2.47. The van der Waals surface area contributed by atoms with Crippen LogP contribution in [0.1, 0.15) is 23.5 Å². The zero-order valence-corrected chi connectivity index (χ0v) is 14.7. The highest BCUT2D eigenvalue weighted by Gasteiger charge is 2.66. The van der Waals surface area contributed by atoms with Crippen molar-refractivity contribution in [2.24, 2.45) is 0 Å². The SMILES string of the molecule is Cc1ccc(S(=O)(=O)N(C)[C@H]2[C@H](c3ccccc3)CC23CO3)cc1. The van der Waals surface area contributed by atoms with Gasteiger partial charge in [-0.15, -0.1) is 0 Å². The molecule has 4 rings (SSSR count). The van der Waals surface area contributed by atoms with Gasteiger partial charge in [0.25, 0.3) is 0 Å². The monoisotopic (exact) mass is 343 g/mol. The molecule has 1 saturated carbocycles. The lowest BCUT2D eigenvalue weighted by atomic mass is 9.66. The van der Waals surface area contributed by atoms with Crippen molar-refractivity contribution in [1.82, 2.24) is 4.31 Å². The van der Waals surface area contributed by atoms with Gasteiger partial charge in [-0.3, -0.25) is 0 Å². The van der Waals surface area contributed by atoms with Gasteiger partial charge in [0.2, 0.25) is 10.0 Å². The van der Waals surface area contributed by atoms with Crippen LogP contribution in [-0.4, -0.2) is 38.0 Å². The zero-order valence-electron chi connectivity index (χ0n) is 13.8. The Bertz CT molecular complexity index is 842. The molecule has 0 aromatic heterocycles. The highest BCUT2D eigenvalue weighted by molar-refractivity contribution is 7.89. The number of sulfonamides is 1. The Morgan fingerprint density at radius 2 is 1.71 bits per heavy atom. The number of benzene rings is 2. The Kier molecular flexibility index (Phi) is 3.56. The highest BCUT2D eigenvalue weighted by Crippen LogP contribution is 2.57. The van der Waals surface area contributed by atoms with E-state index in [0.29, 0.717) is 11.5 Å². The molecule has 0 N–H and O–H groups in total. The van der Waals surface area contributed by atoms with Gasteiger partial charge in [-0.05, 0) is 31.0 Å². The molecule has 1 saturated heterocycles. The van der Waals surface area contributed by atoms with Crippen LogP contribution in [-0.2, 0) is 14.8 Å². The molecule has 2 aromatic carbocycles. The van der Waals surface area contributed by atoms with Crippen LogP contribution < -0.4 is 0 Å². The number of epoxide rings is 1. The summed E-state index contributed by atoms with van der Waals surface area (Å²) in [6.07, 6.45) is 0.884. The number of ether oxygens (including phenoxy) is 1. The molecule has 1 heterocycles. The average molecular weight is 343 g/mol. The number of rotatable bonds is 4. The summed E-state index contributed by atoms with van der Waals surface area (Å²) in [6.45, 7) is 2.60. The second kappa shape index (κ2) is 5.41. The number of hydrogen-bond acceptors (Lipinski definition) is 3. The molecule has 4 nitrogen and oxygen atoms in total. The van der Waals surface area contributed by atoms with Crippen molar-refractivity contribution in [2.75, 3.05) is 13.7 Å². The Hall–Kier alpha value is -1.69. The molecule has 0 bridgehead atoms. The molecular formula is C19H21NO3S. The third-order valence-electron chi connectivity index (χ3n) is 5.32. The molecular weight excluding hydrogens is 322 g/mol. The van der Waals surface area contributed by atoms with Gasteiger partial charge in [0.15, 0.2) is 0 Å². The highest BCUT2D eigenvalue weighted by atomic mass is 32.2. The number of likely N-dealkylation sites (N-methyl/N-ethyl adjacent to an activating group) is 1. The topological polar surface area (TPSA) is 49.9 Å². The van der Waals surface area contributed by atoms with Crippen molar-refractivity contribution in [3.8, 4) is 0 Å². The molecule has 1 unspecified atom stereocenters. The molecule has 3 atom stereocenters. The molecule has 1 spiro atoms. The molecule has 1 aliphatic carbocycles. The van der Waals surface area contributed by atoms with Gasteiger partial charge in [0.1, 0.15) is 5.60 Å². The van der Waals surface area contributed by atoms with E-state index in [-0.39, 0.29) is 17.6 Å². The van der Waals surface area contributed by atoms with Gasteiger partial charge in [-0.25, -0.2) is 8.42 Å². The van der Waals surface area contributed by atoms with E-state index in [1.54, 1.807) is 19.2 Å². The molecule has 0 amide bonds. The van der Waals surface area contributed by atoms with Crippen molar-refractivity contribution in [2.45, 2.75) is 35.8 Å². The minimum Gasteiger partial charge on any atom is -0.368 e. The van der Waals surface area contributed by atoms with Gasteiger partial charge in [0, 0.05) is 13.0 Å². The van der Waals surface area contributed by atoms with Crippen LogP contribution in [0, 0.1) is 6.92 Å². The normalized spacial score (nSPS) is 28.8. The summed E-state index contributed by atoms with van der Waals surface area (Å²) in [5.41, 5.74) is 1.94. The molecule has 126 valence electrons. The lowest BCUT2D eigenvalue weighted by molar-refractivity contribution is 0.0657. The Morgan fingerprint density at radius 1 is 1.08 bits per heavy atom. The van der Waals surface area contributed by atoms with E-state index in [9.17, 15) is 8.42 Å². The van der Waals surface area contributed by atoms with Crippen LogP contribution in [0.2, 0.25) is 0 Å². The van der Waals surface area contributed by atoms with E-state index < -0.39 is 10.0 Å². The number of nitrogens with zero attached hydrogens (tertiary/aromatic N) is 1. The lowest BCUT2D eigenvalue weighted by Crippen LogP contribution is -2.58. The third-order valence-corrected chi connectivity index (χ3v) is 7.17. The maximum Gasteiger partial charge on any atom is 0.243 e. The van der Waals surface area contributed by atoms with Gasteiger partial charge >= 0.3 is 0 Å². The van der Waals surface area contributed by atoms with Crippen molar-refractivity contribution < 1.29 is 13.2 Å². The summed E-state index contributed by atoms with van der Waals surface area (Å²) >= 11 is 0. The summed E-state index contributed by atoms with van der Waals surface area (Å²) in [7, 11) is -1.86. The van der Waals surface area contributed by atoms with Crippen LogP contribution in [0.25, 0.3) is 0 Å². The molecule has 24 heavy (non-hydrogen) atoms. The quantitative estimate of drug-likeness (QED) is 0.802. The Balaban J connectivity index is 1.66. The van der Waals surface area contributed by atoms with Crippen LogP contribution in [0.3, 0.4) is 0 Å². The van der Waals surface area contributed by atoms with Crippen molar-refractivity contribution in [1.29, 1.82) is 0 Å². The van der Waals surface area contributed by atoms with E-state index >= 15 is 0 Å². The van der Waals surface area contributed by atoms with E-state index in [0.717, 1.165) is 12.0 Å². The summed E-state index contributed by atoms with van der Waals surface area (Å²) in [6, 6.07) is 17.0. The Labute approximate surface area is 143 Å². The number of aryl methyl sites for hydroxylation is 1. The minimum atomic E-state index is -3.53. The van der Waals surface area contributed by atoms with Crippen molar-refractivity contribution in [3.05, 3.63) is 65.7 Å². The van der Waals surface area contributed by atoms with Gasteiger partial charge < -0.3 is 4.74 Å². The largest absolute Gasteiger partial charge is 0.368 e. The van der Waals surface area contributed by atoms with Gasteiger partial charge in [-0.2, -0.15) is 4.31 Å². The number of hydrogen-bond donors (Lipinski definition) is 0. The van der Waals surface area contributed by atoms with Crippen LogP contribution in [0.5, 0.6) is 0 Å². The van der Waals surface area contributed by atoms with E-state index in [1.165, 1.54) is 9.87 Å². The van der Waals surface area contributed by atoms with Gasteiger partial charge in [-0.1, -0.05) is 48.0 Å². The maximum absolute atomic E-state index is 13.0. The van der Waals surface area contributed by atoms with E-state index in [2.05, 4.69) is 12.1 Å².